The largest absolute Gasteiger partial charge is 0.318 e. The highest BCUT2D eigenvalue weighted by Crippen LogP contribution is 2.41. The van der Waals surface area contributed by atoms with E-state index in [0.717, 1.165) is 16.7 Å². The Hall–Kier alpha value is -3.18. The molecule has 0 unspecified atom stereocenters. The number of ketones is 1. The smallest absolute Gasteiger partial charge is 0.215 e. The van der Waals surface area contributed by atoms with E-state index in [4.69, 9.17) is 23.2 Å². The van der Waals surface area contributed by atoms with Crippen molar-refractivity contribution in [2.45, 2.75) is 5.54 Å². The molecule has 2 heterocycles. The van der Waals surface area contributed by atoms with Crippen LogP contribution in [0.25, 0.3) is 0 Å². The van der Waals surface area contributed by atoms with Gasteiger partial charge in [0.05, 0.1) is 16.2 Å². The normalized spacial score (nSPS) is 11.5. The Bertz CT molecular complexity index is 1300. The standard InChI is InChI=1S/C27H18Cl2N2OS/c28-24-16-22(26(29)33-24)25(32)23-17-31(18-30-23)27(19-10-4-1-5-11-19,20-12-6-2-7-13-20)21-14-8-3-9-15-21/h1-18H. The Labute approximate surface area is 205 Å². The summed E-state index contributed by atoms with van der Waals surface area (Å²) in [4.78, 5) is 17.7. The summed E-state index contributed by atoms with van der Waals surface area (Å²) >= 11 is 13.5. The number of thiophene rings is 1. The molecule has 0 atom stereocenters. The van der Waals surface area contributed by atoms with E-state index in [1.807, 2.05) is 59.2 Å². The van der Waals surface area contributed by atoms with E-state index in [1.165, 1.54) is 11.3 Å². The highest BCUT2D eigenvalue weighted by molar-refractivity contribution is 7.20. The fraction of sp³-hybridized carbons (Fsp3) is 0.0370. The van der Waals surface area contributed by atoms with E-state index >= 15 is 0 Å². The van der Waals surface area contributed by atoms with Crippen molar-refractivity contribution >= 4 is 40.3 Å². The van der Waals surface area contributed by atoms with Gasteiger partial charge in [0, 0.05) is 6.20 Å². The topological polar surface area (TPSA) is 34.9 Å². The van der Waals surface area contributed by atoms with E-state index < -0.39 is 5.54 Å². The van der Waals surface area contributed by atoms with Crippen molar-refractivity contribution in [1.82, 2.24) is 9.55 Å². The molecule has 3 aromatic carbocycles. The van der Waals surface area contributed by atoms with Gasteiger partial charge in [-0.05, 0) is 22.8 Å². The highest BCUT2D eigenvalue weighted by atomic mass is 35.5. The summed E-state index contributed by atoms with van der Waals surface area (Å²) in [5, 5.41) is 0. The molecule has 0 spiro atoms. The lowest BCUT2D eigenvalue weighted by Crippen LogP contribution is -2.37. The summed E-state index contributed by atoms with van der Waals surface area (Å²) in [5.41, 5.74) is 3.09. The fourth-order valence-electron chi connectivity index (χ4n) is 4.24. The number of carbonyl (C=O) groups is 1. The third-order valence-electron chi connectivity index (χ3n) is 5.68. The second-order valence-corrected chi connectivity index (χ2v) is 9.83. The Balaban J connectivity index is 1.76. The molecular formula is C27H18Cl2N2OS. The van der Waals surface area contributed by atoms with Crippen LogP contribution in [0.4, 0.5) is 0 Å². The molecule has 162 valence electrons. The number of benzene rings is 3. The lowest BCUT2D eigenvalue weighted by atomic mass is 9.77. The van der Waals surface area contributed by atoms with Crippen LogP contribution < -0.4 is 0 Å². The van der Waals surface area contributed by atoms with E-state index in [0.29, 0.717) is 19.9 Å². The molecule has 2 aromatic heterocycles. The van der Waals surface area contributed by atoms with Gasteiger partial charge in [-0.25, -0.2) is 4.98 Å². The molecule has 5 aromatic rings. The maximum Gasteiger partial charge on any atom is 0.215 e. The monoisotopic (exact) mass is 488 g/mol. The number of aromatic nitrogens is 2. The molecule has 0 aliphatic rings. The number of hydrogen-bond acceptors (Lipinski definition) is 3. The molecule has 0 aliphatic carbocycles. The molecular weight excluding hydrogens is 471 g/mol. The van der Waals surface area contributed by atoms with Gasteiger partial charge in [0.25, 0.3) is 0 Å². The zero-order valence-corrected chi connectivity index (χ0v) is 19.7. The van der Waals surface area contributed by atoms with Crippen LogP contribution in [0, 0.1) is 0 Å². The quantitative estimate of drug-likeness (QED) is 0.185. The Morgan fingerprint density at radius 3 is 1.70 bits per heavy atom. The van der Waals surface area contributed by atoms with Crippen LogP contribution in [0.15, 0.2) is 110 Å². The number of halogens is 2. The van der Waals surface area contributed by atoms with Gasteiger partial charge >= 0.3 is 0 Å². The molecule has 3 nitrogen and oxygen atoms in total. The predicted octanol–water partition coefficient (Wildman–Crippen LogP) is 7.32. The van der Waals surface area contributed by atoms with Gasteiger partial charge in [-0.2, -0.15) is 0 Å². The minimum atomic E-state index is -0.731. The van der Waals surface area contributed by atoms with Crippen LogP contribution in [0.5, 0.6) is 0 Å². The lowest BCUT2D eigenvalue weighted by Gasteiger charge is -2.37. The molecule has 0 fully saturated rings. The maximum absolute atomic E-state index is 13.2. The number of rotatable bonds is 6. The van der Waals surface area contributed by atoms with E-state index in [-0.39, 0.29) is 5.78 Å². The molecule has 0 saturated heterocycles. The van der Waals surface area contributed by atoms with Crippen molar-refractivity contribution in [2.75, 3.05) is 0 Å². The molecule has 0 radical (unpaired) electrons. The first kappa shape index (κ1) is 21.7. The Morgan fingerprint density at radius 2 is 1.27 bits per heavy atom. The summed E-state index contributed by atoms with van der Waals surface area (Å²) in [5.74, 6) is -0.259. The Morgan fingerprint density at radius 1 is 0.788 bits per heavy atom. The first-order chi connectivity index (χ1) is 16.1. The van der Waals surface area contributed by atoms with E-state index in [1.54, 1.807) is 18.6 Å². The van der Waals surface area contributed by atoms with Gasteiger partial charge in [0.15, 0.2) is 0 Å². The van der Waals surface area contributed by atoms with Crippen molar-refractivity contribution in [3.63, 3.8) is 0 Å². The Kier molecular flexibility index (Phi) is 5.90. The van der Waals surface area contributed by atoms with Crippen LogP contribution in [0.3, 0.4) is 0 Å². The first-order valence-corrected chi connectivity index (χ1v) is 11.9. The average molecular weight is 489 g/mol. The molecule has 0 aliphatic heterocycles. The molecule has 0 amide bonds. The highest BCUT2D eigenvalue weighted by Gasteiger charge is 2.38. The second kappa shape index (κ2) is 8.99. The summed E-state index contributed by atoms with van der Waals surface area (Å²) < 4.78 is 2.83. The van der Waals surface area contributed by atoms with Crippen molar-refractivity contribution < 1.29 is 4.79 Å². The van der Waals surface area contributed by atoms with E-state index in [9.17, 15) is 4.79 Å². The number of imidazole rings is 1. The average Bonchev–Trinajstić information content (AvgIpc) is 3.48. The van der Waals surface area contributed by atoms with Crippen molar-refractivity contribution in [1.29, 1.82) is 0 Å². The SMILES string of the molecule is O=C(c1cn(C(c2ccccc2)(c2ccccc2)c2ccccc2)cn1)c1cc(Cl)sc1Cl. The van der Waals surface area contributed by atoms with Crippen LogP contribution in [0.1, 0.15) is 32.7 Å². The van der Waals surface area contributed by atoms with Gasteiger partial charge in [-0.3, -0.25) is 4.79 Å². The molecule has 5 rings (SSSR count). The maximum atomic E-state index is 13.2. The van der Waals surface area contributed by atoms with Gasteiger partial charge < -0.3 is 4.57 Å². The van der Waals surface area contributed by atoms with Crippen LogP contribution in [-0.2, 0) is 5.54 Å². The van der Waals surface area contributed by atoms with E-state index in [2.05, 4.69) is 41.4 Å². The lowest BCUT2D eigenvalue weighted by molar-refractivity contribution is 0.103. The summed E-state index contributed by atoms with van der Waals surface area (Å²) in [6, 6.07) is 32.3. The number of hydrogen-bond donors (Lipinski definition) is 0. The summed E-state index contributed by atoms with van der Waals surface area (Å²) in [6.07, 6.45) is 3.50. The minimum absolute atomic E-state index is 0.259. The molecule has 0 saturated carbocycles. The molecule has 33 heavy (non-hydrogen) atoms. The zero-order valence-electron chi connectivity index (χ0n) is 17.4. The minimum Gasteiger partial charge on any atom is -0.318 e. The molecule has 0 bridgehead atoms. The van der Waals surface area contributed by atoms with Crippen molar-refractivity contribution in [3.8, 4) is 0 Å². The van der Waals surface area contributed by atoms with Crippen LogP contribution in [-0.4, -0.2) is 15.3 Å². The van der Waals surface area contributed by atoms with Crippen LogP contribution in [0.2, 0.25) is 8.67 Å². The third kappa shape index (κ3) is 3.80. The molecule has 0 N–H and O–H groups in total. The van der Waals surface area contributed by atoms with Gasteiger partial charge in [0.2, 0.25) is 5.78 Å². The number of nitrogens with zero attached hydrogens (tertiary/aromatic N) is 2. The molecule has 6 heteroatoms. The van der Waals surface area contributed by atoms with Crippen molar-refractivity contribution in [3.05, 3.63) is 146 Å². The predicted molar refractivity (Wildman–Crippen MR) is 135 cm³/mol. The third-order valence-corrected chi connectivity index (χ3v) is 7.17. The van der Waals surface area contributed by atoms with Gasteiger partial charge in [-0.1, -0.05) is 114 Å². The number of carbonyl (C=O) groups excluding carboxylic acids is 1. The summed E-state index contributed by atoms with van der Waals surface area (Å²) in [7, 11) is 0. The second-order valence-electron chi connectivity index (χ2n) is 7.54. The van der Waals surface area contributed by atoms with Crippen molar-refractivity contribution in [2.24, 2.45) is 0 Å². The van der Waals surface area contributed by atoms with Gasteiger partial charge in [-0.15, -0.1) is 11.3 Å². The summed E-state index contributed by atoms with van der Waals surface area (Å²) in [6.45, 7) is 0. The fourth-order valence-corrected chi connectivity index (χ4v) is 5.70. The first-order valence-electron chi connectivity index (χ1n) is 10.3. The zero-order chi connectivity index (χ0) is 22.8. The van der Waals surface area contributed by atoms with Gasteiger partial charge in [0.1, 0.15) is 15.6 Å². The van der Waals surface area contributed by atoms with Crippen LogP contribution >= 0.6 is 34.5 Å².